The minimum atomic E-state index is -3.35. The summed E-state index contributed by atoms with van der Waals surface area (Å²) in [7, 11) is -3.35. The first-order valence-electron chi connectivity index (χ1n) is 5.56. The van der Waals surface area contributed by atoms with E-state index in [0.29, 0.717) is 23.6 Å². The Labute approximate surface area is 106 Å². The zero-order chi connectivity index (χ0) is 13.3. The molecular weight excluding hydrogens is 256 g/mol. The molecule has 2 rings (SSSR count). The van der Waals surface area contributed by atoms with Crippen molar-refractivity contribution in [2.75, 3.05) is 30.3 Å². The highest BCUT2D eigenvalue weighted by atomic mass is 32.2. The Hall–Kier alpha value is -1.31. The van der Waals surface area contributed by atoms with Gasteiger partial charge in [0.05, 0.1) is 24.6 Å². The highest BCUT2D eigenvalue weighted by Gasteiger charge is 2.26. The van der Waals surface area contributed by atoms with Crippen molar-refractivity contribution >= 4 is 15.7 Å². The molecule has 0 aliphatic carbocycles. The van der Waals surface area contributed by atoms with Crippen LogP contribution in [0.5, 0.6) is 5.75 Å². The molecule has 0 radical (unpaired) electrons. The lowest BCUT2D eigenvalue weighted by molar-refractivity contribution is 0.186. The predicted molar refractivity (Wildman–Crippen MR) is 68.1 cm³/mol. The largest absolute Gasteiger partial charge is 0.489 e. The van der Waals surface area contributed by atoms with Crippen LogP contribution in [0.1, 0.15) is 11.7 Å². The third-order valence-corrected chi connectivity index (χ3v) is 3.99. The van der Waals surface area contributed by atoms with Gasteiger partial charge in [0.1, 0.15) is 12.4 Å². The van der Waals surface area contributed by atoms with Gasteiger partial charge in [0.15, 0.2) is 0 Å². The van der Waals surface area contributed by atoms with Gasteiger partial charge in [0.25, 0.3) is 0 Å². The van der Waals surface area contributed by atoms with Gasteiger partial charge in [-0.25, -0.2) is 8.42 Å². The van der Waals surface area contributed by atoms with E-state index in [1.807, 2.05) is 0 Å². The zero-order valence-corrected chi connectivity index (χ0v) is 10.9. The third kappa shape index (κ3) is 2.43. The molecular formula is C11H16N2O4S. The maximum Gasteiger partial charge on any atom is 0.232 e. The van der Waals surface area contributed by atoms with Crippen LogP contribution >= 0.6 is 0 Å². The molecule has 0 saturated heterocycles. The first-order chi connectivity index (χ1) is 8.43. The molecule has 0 spiro atoms. The maximum absolute atomic E-state index is 11.7. The summed E-state index contributed by atoms with van der Waals surface area (Å²) in [5, 5.41) is 9.69. The lowest BCUT2D eigenvalue weighted by Crippen LogP contribution is -2.37. The number of aliphatic hydroxyl groups is 1. The van der Waals surface area contributed by atoms with Gasteiger partial charge in [-0.1, -0.05) is 6.07 Å². The van der Waals surface area contributed by atoms with E-state index in [4.69, 9.17) is 10.5 Å². The molecule has 1 unspecified atom stereocenters. The Morgan fingerprint density at radius 3 is 2.89 bits per heavy atom. The van der Waals surface area contributed by atoms with Gasteiger partial charge in [-0.2, -0.15) is 0 Å². The van der Waals surface area contributed by atoms with Gasteiger partial charge in [0.2, 0.25) is 10.0 Å². The van der Waals surface area contributed by atoms with Crippen molar-refractivity contribution in [1.29, 1.82) is 0 Å². The smallest absolute Gasteiger partial charge is 0.232 e. The van der Waals surface area contributed by atoms with Crippen LogP contribution in [0.15, 0.2) is 18.2 Å². The summed E-state index contributed by atoms with van der Waals surface area (Å²) in [4.78, 5) is 0. The van der Waals surface area contributed by atoms with Crippen LogP contribution in [0.4, 0.5) is 5.69 Å². The molecule has 1 atom stereocenters. The number of rotatable bonds is 3. The topological polar surface area (TPSA) is 92.9 Å². The number of nitrogens with zero attached hydrogens (tertiary/aromatic N) is 1. The van der Waals surface area contributed by atoms with Crippen LogP contribution in [0, 0.1) is 0 Å². The average Bonchev–Trinajstić information content (AvgIpc) is 2.35. The normalized spacial score (nSPS) is 16.9. The number of anilines is 1. The molecule has 6 nitrogen and oxygen atoms in total. The molecule has 1 aliphatic heterocycles. The van der Waals surface area contributed by atoms with E-state index in [9.17, 15) is 13.5 Å². The van der Waals surface area contributed by atoms with Gasteiger partial charge in [0, 0.05) is 6.54 Å². The number of aliphatic hydroxyl groups excluding tert-OH is 1. The van der Waals surface area contributed by atoms with E-state index in [-0.39, 0.29) is 13.1 Å². The monoisotopic (exact) mass is 272 g/mol. The van der Waals surface area contributed by atoms with Crippen molar-refractivity contribution in [3.05, 3.63) is 23.8 Å². The van der Waals surface area contributed by atoms with Crippen LogP contribution < -0.4 is 14.8 Å². The number of ether oxygens (including phenoxy) is 1. The van der Waals surface area contributed by atoms with Gasteiger partial charge < -0.3 is 15.6 Å². The Morgan fingerprint density at radius 1 is 1.56 bits per heavy atom. The summed E-state index contributed by atoms with van der Waals surface area (Å²) in [6, 6.07) is 4.94. The summed E-state index contributed by atoms with van der Waals surface area (Å²) in [5.41, 5.74) is 6.42. The molecule has 0 bridgehead atoms. The van der Waals surface area contributed by atoms with Gasteiger partial charge >= 0.3 is 0 Å². The van der Waals surface area contributed by atoms with E-state index in [2.05, 4.69) is 0 Å². The third-order valence-electron chi connectivity index (χ3n) is 2.81. The van der Waals surface area contributed by atoms with E-state index in [1.165, 1.54) is 4.31 Å². The van der Waals surface area contributed by atoms with Crippen LogP contribution in [0.25, 0.3) is 0 Å². The minimum absolute atomic E-state index is 0.0819. The number of fused-ring (bicyclic) bond motifs is 1. The van der Waals surface area contributed by atoms with Crippen molar-refractivity contribution in [3.63, 3.8) is 0 Å². The Morgan fingerprint density at radius 2 is 2.28 bits per heavy atom. The molecule has 7 heteroatoms. The fraction of sp³-hybridized carbons (Fsp3) is 0.455. The van der Waals surface area contributed by atoms with Crippen molar-refractivity contribution < 1.29 is 18.3 Å². The molecule has 0 amide bonds. The Bertz CT molecular complexity index is 544. The highest BCUT2D eigenvalue weighted by Crippen LogP contribution is 2.35. The molecule has 0 aromatic heterocycles. The second-order valence-electron chi connectivity index (χ2n) is 4.16. The lowest BCUT2D eigenvalue weighted by Gasteiger charge is -2.30. The zero-order valence-electron chi connectivity index (χ0n) is 10.0. The molecule has 0 saturated carbocycles. The van der Waals surface area contributed by atoms with Crippen molar-refractivity contribution in [1.82, 2.24) is 0 Å². The van der Waals surface area contributed by atoms with Gasteiger partial charge in [-0.15, -0.1) is 0 Å². The summed E-state index contributed by atoms with van der Waals surface area (Å²) in [6.07, 6.45) is 0.340. The molecule has 18 heavy (non-hydrogen) atoms. The lowest BCUT2D eigenvalue weighted by atomic mass is 10.1. The summed E-state index contributed by atoms with van der Waals surface area (Å²) >= 11 is 0. The van der Waals surface area contributed by atoms with Crippen molar-refractivity contribution in [2.45, 2.75) is 6.10 Å². The average molecular weight is 272 g/mol. The molecule has 3 N–H and O–H groups in total. The first kappa shape index (κ1) is 13.1. The molecule has 0 fully saturated rings. The van der Waals surface area contributed by atoms with E-state index >= 15 is 0 Å². The number of nitrogens with two attached hydrogens (primary N) is 1. The first-order valence-corrected chi connectivity index (χ1v) is 7.41. The molecule has 1 aliphatic rings. The molecule has 1 aromatic carbocycles. The standard InChI is InChI=1S/C11H16N2O4S/c1-18(15,16)13-4-5-17-11-3-2-8(6-9(11)13)10(14)7-12/h2-3,6,10,14H,4-5,7,12H2,1H3. The Kier molecular flexibility index (Phi) is 3.47. The van der Waals surface area contributed by atoms with E-state index in [0.717, 1.165) is 6.26 Å². The number of sulfonamides is 1. The van der Waals surface area contributed by atoms with Crippen LogP contribution in [0.2, 0.25) is 0 Å². The number of hydrogen-bond acceptors (Lipinski definition) is 5. The fourth-order valence-electron chi connectivity index (χ4n) is 1.90. The summed E-state index contributed by atoms with van der Waals surface area (Å²) in [6.45, 7) is 0.672. The van der Waals surface area contributed by atoms with Gasteiger partial charge in [-0.05, 0) is 17.7 Å². The second kappa shape index (κ2) is 4.75. The summed E-state index contributed by atoms with van der Waals surface area (Å²) in [5.74, 6) is 0.500. The molecule has 1 heterocycles. The van der Waals surface area contributed by atoms with Crippen molar-refractivity contribution in [2.24, 2.45) is 5.73 Å². The van der Waals surface area contributed by atoms with Crippen LogP contribution in [-0.4, -0.2) is 39.5 Å². The van der Waals surface area contributed by atoms with Gasteiger partial charge in [-0.3, -0.25) is 4.31 Å². The number of hydrogen-bond donors (Lipinski definition) is 2. The van der Waals surface area contributed by atoms with E-state index < -0.39 is 16.1 Å². The van der Waals surface area contributed by atoms with Crippen molar-refractivity contribution in [3.8, 4) is 5.75 Å². The minimum Gasteiger partial charge on any atom is -0.489 e. The SMILES string of the molecule is CS(=O)(=O)N1CCOc2ccc(C(O)CN)cc21. The Balaban J connectivity index is 2.48. The fourth-order valence-corrected chi connectivity index (χ4v) is 2.80. The van der Waals surface area contributed by atoms with E-state index in [1.54, 1.807) is 18.2 Å². The second-order valence-corrected chi connectivity index (χ2v) is 6.07. The van der Waals surface area contributed by atoms with Crippen LogP contribution in [-0.2, 0) is 10.0 Å². The predicted octanol–water partition coefficient (Wildman–Crippen LogP) is -0.163. The summed E-state index contributed by atoms with van der Waals surface area (Å²) < 4.78 is 30.0. The maximum atomic E-state index is 11.7. The van der Waals surface area contributed by atoms with Crippen LogP contribution in [0.3, 0.4) is 0 Å². The number of benzene rings is 1. The quantitative estimate of drug-likeness (QED) is 0.797. The highest BCUT2D eigenvalue weighted by molar-refractivity contribution is 7.92. The molecule has 100 valence electrons. The molecule has 1 aromatic rings.